The molecule has 0 atom stereocenters. The van der Waals surface area contributed by atoms with Crippen molar-refractivity contribution in [3.8, 4) is 11.4 Å². The number of nitrogens with one attached hydrogen (secondary N) is 2. The SMILES string of the molecule is CCOc1cn(-c2ccc(F)cc2)nc1C(=O)Nc1nnc(SCC(=O)Nc2ccc(C)cc2C)s1. The third kappa shape index (κ3) is 6.26. The van der Waals surface area contributed by atoms with Crippen LogP contribution < -0.4 is 15.4 Å². The Balaban J connectivity index is 1.38. The van der Waals surface area contributed by atoms with Crippen LogP contribution in [-0.2, 0) is 4.79 Å². The van der Waals surface area contributed by atoms with Gasteiger partial charge in [-0.2, -0.15) is 5.10 Å². The number of thioether (sulfide) groups is 1. The van der Waals surface area contributed by atoms with Gasteiger partial charge in [-0.3, -0.25) is 14.9 Å². The predicted octanol–water partition coefficient (Wildman–Crippen LogP) is 4.86. The van der Waals surface area contributed by atoms with E-state index in [9.17, 15) is 14.0 Å². The third-order valence-corrected chi connectivity index (χ3v) is 6.87. The van der Waals surface area contributed by atoms with Crippen LogP contribution in [0.4, 0.5) is 15.2 Å². The van der Waals surface area contributed by atoms with E-state index in [4.69, 9.17) is 4.74 Å². The van der Waals surface area contributed by atoms with Gasteiger partial charge in [0.1, 0.15) is 5.82 Å². The summed E-state index contributed by atoms with van der Waals surface area (Å²) >= 11 is 2.37. The number of aromatic nitrogens is 4. The molecule has 0 unspecified atom stereocenters. The van der Waals surface area contributed by atoms with Crippen LogP contribution in [0.3, 0.4) is 0 Å². The highest BCUT2D eigenvalue weighted by molar-refractivity contribution is 8.01. The summed E-state index contributed by atoms with van der Waals surface area (Å²) in [5.74, 6) is -0.643. The fraction of sp³-hybridized carbons (Fsp3) is 0.208. The molecule has 0 aliphatic carbocycles. The van der Waals surface area contributed by atoms with Crippen LogP contribution in [-0.4, -0.2) is 44.2 Å². The quantitative estimate of drug-likeness (QED) is 0.237. The van der Waals surface area contributed by atoms with E-state index in [0.29, 0.717) is 16.6 Å². The van der Waals surface area contributed by atoms with Crippen molar-refractivity contribution in [2.24, 2.45) is 0 Å². The van der Waals surface area contributed by atoms with Crippen molar-refractivity contribution < 1.29 is 18.7 Å². The average molecular weight is 527 g/mol. The van der Waals surface area contributed by atoms with E-state index in [1.807, 2.05) is 32.0 Å². The number of carbonyl (C=O) groups excluding carboxylic acids is 2. The molecule has 0 spiro atoms. The van der Waals surface area contributed by atoms with E-state index in [-0.39, 0.29) is 34.1 Å². The van der Waals surface area contributed by atoms with Crippen LogP contribution >= 0.6 is 23.1 Å². The van der Waals surface area contributed by atoms with Crippen molar-refractivity contribution in [2.45, 2.75) is 25.1 Å². The van der Waals surface area contributed by atoms with Gasteiger partial charge in [0.05, 0.1) is 24.2 Å². The van der Waals surface area contributed by atoms with E-state index in [1.54, 1.807) is 25.3 Å². The number of hydrogen-bond donors (Lipinski definition) is 2. The molecule has 186 valence electrons. The van der Waals surface area contributed by atoms with Gasteiger partial charge in [0.25, 0.3) is 5.91 Å². The average Bonchev–Trinajstić information content (AvgIpc) is 3.47. The molecule has 2 aromatic carbocycles. The maximum absolute atomic E-state index is 13.3. The Morgan fingerprint density at radius 3 is 2.61 bits per heavy atom. The molecule has 4 aromatic rings. The van der Waals surface area contributed by atoms with Crippen LogP contribution in [0, 0.1) is 19.7 Å². The van der Waals surface area contributed by atoms with Crippen molar-refractivity contribution in [1.82, 2.24) is 20.0 Å². The second kappa shape index (κ2) is 11.3. The molecule has 0 radical (unpaired) electrons. The first-order valence-corrected chi connectivity index (χ1v) is 12.8. The van der Waals surface area contributed by atoms with E-state index in [0.717, 1.165) is 28.2 Å². The molecule has 0 aliphatic rings. The van der Waals surface area contributed by atoms with Crippen molar-refractivity contribution in [2.75, 3.05) is 23.0 Å². The molecule has 2 amide bonds. The van der Waals surface area contributed by atoms with Gasteiger partial charge in [0.2, 0.25) is 11.0 Å². The lowest BCUT2D eigenvalue weighted by Crippen LogP contribution is -2.14. The lowest BCUT2D eigenvalue weighted by molar-refractivity contribution is -0.113. The number of hydrogen-bond acceptors (Lipinski definition) is 8. The first-order valence-electron chi connectivity index (χ1n) is 11.0. The van der Waals surface area contributed by atoms with Gasteiger partial charge in [-0.15, -0.1) is 10.2 Å². The van der Waals surface area contributed by atoms with Crippen LogP contribution in [0.1, 0.15) is 28.5 Å². The Labute approximate surface area is 215 Å². The number of anilines is 2. The van der Waals surface area contributed by atoms with E-state index < -0.39 is 5.91 Å². The summed E-state index contributed by atoms with van der Waals surface area (Å²) in [4.78, 5) is 25.2. The molecule has 36 heavy (non-hydrogen) atoms. The number of halogens is 1. The second-order valence-corrected chi connectivity index (χ2v) is 9.88. The molecule has 12 heteroatoms. The molecule has 4 rings (SSSR count). The second-order valence-electron chi connectivity index (χ2n) is 7.68. The summed E-state index contributed by atoms with van der Waals surface area (Å²) in [5.41, 5.74) is 3.51. The topological polar surface area (TPSA) is 111 Å². The van der Waals surface area contributed by atoms with Crippen LogP contribution in [0.15, 0.2) is 53.0 Å². The minimum Gasteiger partial charge on any atom is -0.490 e. The molecular formula is C24H23FN6O3S2. The van der Waals surface area contributed by atoms with Gasteiger partial charge >= 0.3 is 0 Å². The number of aryl methyl sites for hydroxylation is 2. The van der Waals surface area contributed by atoms with Crippen LogP contribution in [0.25, 0.3) is 5.69 Å². The zero-order valence-corrected chi connectivity index (χ0v) is 21.4. The van der Waals surface area contributed by atoms with Crippen LogP contribution in [0.5, 0.6) is 5.75 Å². The minimum atomic E-state index is -0.528. The summed E-state index contributed by atoms with van der Waals surface area (Å²) in [6.45, 7) is 6.06. The van der Waals surface area contributed by atoms with Crippen molar-refractivity contribution in [3.63, 3.8) is 0 Å². The zero-order chi connectivity index (χ0) is 25.7. The zero-order valence-electron chi connectivity index (χ0n) is 19.7. The molecule has 9 nitrogen and oxygen atoms in total. The van der Waals surface area contributed by atoms with Gasteiger partial charge in [-0.25, -0.2) is 9.07 Å². The fourth-order valence-electron chi connectivity index (χ4n) is 3.24. The first-order chi connectivity index (χ1) is 17.3. The minimum absolute atomic E-state index is 0.0541. The van der Waals surface area contributed by atoms with Crippen molar-refractivity contribution in [1.29, 1.82) is 0 Å². The molecule has 0 saturated carbocycles. The van der Waals surface area contributed by atoms with Gasteiger partial charge in [-0.05, 0) is 56.7 Å². The number of ether oxygens (including phenoxy) is 1. The van der Waals surface area contributed by atoms with E-state index in [1.165, 1.54) is 28.6 Å². The highest BCUT2D eigenvalue weighted by Gasteiger charge is 2.21. The first kappa shape index (κ1) is 25.3. The maximum atomic E-state index is 13.3. The lowest BCUT2D eigenvalue weighted by atomic mass is 10.1. The van der Waals surface area contributed by atoms with Crippen molar-refractivity contribution >= 4 is 45.7 Å². The van der Waals surface area contributed by atoms with Gasteiger partial charge in [-0.1, -0.05) is 40.8 Å². The molecule has 2 heterocycles. The Morgan fingerprint density at radius 1 is 1.11 bits per heavy atom. The van der Waals surface area contributed by atoms with E-state index >= 15 is 0 Å². The fourth-order valence-corrected chi connectivity index (χ4v) is 4.79. The summed E-state index contributed by atoms with van der Waals surface area (Å²) in [6, 6.07) is 11.5. The lowest BCUT2D eigenvalue weighted by Gasteiger charge is -2.08. The normalized spacial score (nSPS) is 10.8. The largest absolute Gasteiger partial charge is 0.490 e. The highest BCUT2D eigenvalue weighted by Crippen LogP contribution is 2.27. The Morgan fingerprint density at radius 2 is 1.89 bits per heavy atom. The summed E-state index contributed by atoms with van der Waals surface area (Å²) in [6.07, 6.45) is 1.56. The summed E-state index contributed by atoms with van der Waals surface area (Å²) in [5, 5.41) is 18.1. The molecule has 0 fully saturated rings. The Bertz CT molecular complexity index is 1390. The number of carbonyl (C=O) groups is 2. The number of benzene rings is 2. The predicted molar refractivity (Wildman–Crippen MR) is 138 cm³/mol. The molecule has 0 bridgehead atoms. The maximum Gasteiger partial charge on any atom is 0.281 e. The Kier molecular flexibility index (Phi) is 7.96. The molecule has 2 N–H and O–H groups in total. The highest BCUT2D eigenvalue weighted by atomic mass is 32.2. The molecule has 0 aliphatic heterocycles. The van der Waals surface area contributed by atoms with Gasteiger partial charge in [0.15, 0.2) is 15.8 Å². The summed E-state index contributed by atoms with van der Waals surface area (Å²) < 4.78 is 20.8. The number of rotatable bonds is 9. The molecular weight excluding hydrogens is 503 g/mol. The smallest absolute Gasteiger partial charge is 0.281 e. The van der Waals surface area contributed by atoms with Gasteiger partial charge < -0.3 is 10.1 Å². The monoisotopic (exact) mass is 526 g/mol. The number of nitrogens with zero attached hydrogens (tertiary/aromatic N) is 4. The van der Waals surface area contributed by atoms with Crippen molar-refractivity contribution in [3.05, 3.63) is 71.3 Å². The van der Waals surface area contributed by atoms with Crippen LogP contribution in [0.2, 0.25) is 0 Å². The Hall–Kier alpha value is -3.77. The molecule has 2 aromatic heterocycles. The third-order valence-electron chi connectivity index (χ3n) is 4.90. The molecule has 0 saturated heterocycles. The number of amides is 2. The summed E-state index contributed by atoms with van der Waals surface area (Å²) in [7, 11) is 0. The standard InChI is InChI=1S/C24H23FN6O3S2/c1-4-34-19-12-31(17-8-6-16(25)7-9-17)30-21(19)22(33)27-23-28-29-24(36-23)35-13-20(32)26-18-10-5-14(2)11-15(18)3/h5-12H,4,13H2,1-3H3,(H,26,32)(H,27,28,33). The van der Waals surface area contributed by atoms with Gasteiger partial charge in [0, 0.05) is 5.69 Å². The van der Waals surface area contributed by atoms with E-state index in [2.05, 4.69) is 25.9 Å².